The smallest absolute Gasteiger partial charge is 0.326 e. The highest BCUT2D eigenvalue weighted by atomic mass is 16.5. The zero-order chi connectivity index (χ0) is 14.8. The van der Waals surface area contributed by atoms with Crippen molar-refractivity contribution in [1.29, 1.82) is 0 Å². The number of nitrogens with two attached hydrogens (primary N) is 1. The number of nitrogens with zero attached hydrogens (tertiary/aromatic N) is 2. The minimum Gasteiger partial charge on any atom is -0.382 e. The van der Waals surface area contributed by atoms with Gasteiger partial charge in [-0.2, -0.15) is 0 Å². The number of methoxy groups -OCH3 is 1. The number of aromatic nitrogens is 3. The summed E-state index contributed by atoms with van der Waals surface area (Å²) < 4.78 is 6.74. The van der Waals surface area contributed by atoms with Gasteiger partial charge in [-0.3, -0.25) is 4.57 Å². The van der Waals surface area contributed by atoms with Crippen LogP contribution in [0.25, 0.3) is 11.0 Å². The first-order valence-corrected chi connectivity index (χ1v) is 6.60. The average Bonchev–Trinajstić information content (AvgIpc) is 2.78. The molecule has 3 rings (SSSR count). The zero-order valence-corrected chi connectivity index (χ0v) is 11.7. The van der Waals surface area contributed by atoms with Crippen molar-refractivity contribution >= 4 is 16.9 Å². The summed E-state index contributed by atoms with van der Waals surface area (Å²) in [6.07, 6.45) is 0. The van der Waals surface area contributed by atoms with Crippen LogP contribution in [0.5, 0.6) is 0 Å². The van der Waals surface area contributed by atoms with E-state index in [4.69, 9.17) is 10.5 Å². The van der Waals surface area contributed by atoms with E-state index < -0.39 is 0 Å². The Morgan fingerprint density at radius 2 is 2.10 bits per heavy atom. The van der Waals surface area contributed by atoms with E-state index in [1.807, 2.05) is 36.4 Å². The molecule has 108 valence electrons. The van der Waals surface area contributed by atoms with E-state index in [1.165, 1.54) is 0 Å². The second kappa shape index (κ2) is 5.41. The summed E-state index contributed by atoms with van der Waals surface area (Å²) in [4.78, 5) is 19.1. The summed E-state index contributed by atoms with van der Waals surface area (Å²) in [7, 11) is 1.59. The Morgan fingerprint density at radius 3 is 2.81 bits per heavy atom. The number of anilines is 1. The van der Waals surface area contributed by atoms with Crippen molar-refractivity contribution in [2.75, 3.05) is 12.8 Å². The number of H-pyrrole nitrogens is 1. The third-order valence-electron chi connectivity index (χ3n) is 3.32. The molecule has 0 radical (unpaired) electrons. The fourth-order valence-electron chi connectivity index (χ4n) is 2.37. The molecule has 21 heavy (non-hydrogen) atoms. The topological polar surface area (TPSA) is 85.9 Å². The van der Waals surface area contributed by atoms with Gasteiger partial charge >= 0.3 is 5.69 Å². The number of ether oxygens (including phenoxy) is 1. The van der Waals surface area contributed by atoms with Crippen molar-refractivity contribution in [1.82, 2.24) is 14.5 Å². The maximum absolute atomic E-state index is 12.2. The molecule has 6 nitrogen and oxygen atoms in total. The van der Waals surface area contributed by atoms with Gasteiger partial charge in [0.15, 0.2) is 0 Å². The summed E-state index contributed by atoms with van der Waals surface area (Å²) in [5, 5.41) is 0. The lowest BCUT2D eigenvalue weighted by molar-refractivity contribution is 0.182. The first kappa shape index (κ1) is 13.4. The zero-order valence-electron chi connectivity index (χ0n) is 11.7. The second-order valence-corrected chi connectivity index (χ2v) is 4.83. The Labute approximate surface area is 121 Å². The van der Waals surface area contributed by atoms with E-state index in [1.54, 1.807) is 11.7 Å². The monoisotopic (exact) mass is 284 g/mol. The molecule has 0 unspecified atom stereocenters. The van der Waals surface area contributed by atoms with Gasteiger partial charge in [0.2, 0.25) is 0 Å². The molecule has 0 aliphatic carbocycles. The number of nitrogens with one attached hydrogen (secondary N) is 1. The van der Waals surface area contributed by atoms with Crippen LogP contribution in [0.2, 0.25) is 0 Å². The average molecular weight is 284 g/mol. The fraction of sp³-hybridized carbons (Fsp3) is 0.200. The molecule has 0 saturated heterocycles. The summed E-state index contributed by atoms with van der Waals surface area (Å²) >= 11 is 0. The van der Waals surface area contributed by atoms with Crippen LogP contribution in [0.15, 0.2) is 41.2 Å². The Kier molecular flexibility index (Phi) is 3.45. The number of nitrogen functional groups attached to an aromatic ring is 1. The predicted molar refractivity (Wildman–Crippen MR) is 81.0 cm³/mol. The van der Waals surface area contributed by atoms with Crippen LogP contribution in [-0.2, 0) is 17.9 Å². The van der Waals surface area contributed by atoms with Crippen molar-refractivity contribution in [2.24, 2.45) is 0 Å². The van der Waals surface area contributed by atoms with Gasteiger partial charge in [0.05, 0.1) is 24.4 Å². The van der Waals surface area contributed by atoms with E-state index in [-0.39, 0.29) is 5.69 Å². The maximum atomic E-state index is 12.2. The normalized spacial score (nSPS) is 11.1. The number of hydrogen-bond acceptors (Lipinski definition) is 4. The number of hydrogen-bond donors (Lipinski definition) is 2. The van der Waals surface area contributed by atoms with E-state index in [2.05, 4.69) is 9.97 Å². The Hall–Kier alpha value is -2.60. The van der Waals surface area contributed by atoms with Crippen LogP contribution < -0.4 is 11.4 Å². The van der Waals surface area contributed by atoms with Gasteiger partial charge in [0.25, 0.3) is 0 Å². The molecule has 6 heteroatoms. The summed E-state index contributed by atoms with van der Waals surface area (Å²) in [5.41, 5.74) is 8.76. The first-order valence-electron chi connectivity index (χ1n) is 6.60. The van der Waals surface area contributed by atoms with Gasteiger partial charge in [-0.05, 0) is 11.6 Å². The first-order chi connectivity index (χ1) is 10.2. The maximum Gasteiger partial charge on any atom is 0.326 e. The minimum atomic E-state index is -0.197. The molecule has 0 spiro atoms. The number of rotatable bonds is 4. The largest absolute Gasteiger partial charge is 0.382 e. The van der Waals surface area contributed by atoms with Crippen LogP contribution >= 0.6 is 0 Å². The molecule has 3 aromatic rings. The number of benzene rings is 1. The van der Waals surface area contributed by atoms with E-state index in [0.29, 0.717) is 30.2 Å². The summed E-state index contributed by atoms with van der Waals surface area (Å²) in [6, 6.07) is 11.6. The highest BCUT2D eigenvalue weighted by Gasteiger charge is 2.12. The SMILES string of the molecule is COCc1cc2c([nH]c(=O)n2Cc2ccccc2)c(N)n1. The third-order valence-corrected chi connectivity index (χ3v) is 3.32. The van der Waals surface area contributed by atoms with E-state index >= 15 is 0 Å². The second-order valence-electron chi connectivity index (χ2n) is 4.83. The van der Waals surface area contributed by atoms with Crippen molar-refractivity contribution in [3.8, 4) is 0 Å². The van der Waals surface area contributed by atoms with Crippen molar-refractivity contribution in [3.63, 3.8) is 0 Å². The molecule has 0 aliphatic heterocycles. The standard InChI is InChI=1S/C15H16N4O2/c1-21-9-11-7-12-13(14(16)17-11)18-15(20)19(12)8-10-5-3-2-4-6-10/h2-7H,8-9H2,1H3,(H2,16,17)(H,18,20). The molecule has 0 amide bonds. The van der Waals surface area contributed by atoms with Gasteiger partial charge in [0.1, 0.15) is 11.3 Å². The molecule has 2 aromatic heterocycles. The Bertz CT molecular complexity index is 821. The number of fused-ring (bicyclic) bond motifs is 1. The fourth-order valence-corrected chi connectivity index (χ4v) is 2.37. The minimum absolute atomic E-state index is 0.197. The van der Waals surface area contributed by atoms with Gasteiger partial charge in [-0.15, -0.1) is 0 Å². The van der Waals surface area contributed by atoms with Crippen LogP contribution in [0.1, 0.15) is 11.3 Å². The van der Waals surface area contributed by atoms with Gasteiger partial charge in [-0.25, -0.2) is 9.78 Å². The molecule has 0 atom stereocenters. The van der Waals surface area contributed by atoms with Crippen LogP contribution in [0.4, 0.5) is 5.82 Å². The van der Waals surface area contributed by atoms with Gasteiger partial charge < -0.3 is 15.5 Å². The quantitative estimate of drug-likeness (QED) is 0.760. The number of aromatic amines is 1. The van der Waals surface area contributed by atoms with Crippen LogP contribution in [0, 0.1) is 0 Å². The summed E-state index contributed by atoms with van der Waals surface area (Å²) in [5.74, 6) is 0.309. The predicted octanol–water partition coefficient (Wildman–Crippen LogP) is 1.50. The number of imidazole rings is 1. The molecule has 2 heterocycles. The lowest BCUT2D eigenvalue weighted by Gasteiger charge is -2.06. The summed E-state index contributed by atoms with van der Waals surface area (Å²) in [6.45, 7) is 0.834. The van der Waals surface area contributed by atoms with Gasteiger partial charge in [-0.1, -0.05) is 30.3 Å². The van der Waals surface area contributed by atoms with E-state index in [9.17, 15) is 4.79 Å². The van der Waals surface area contributed by atoms with Crippen LogP contribution in [-0.4, -0.2) is 21.6 Å². The number of pyridine rings is 1. The van der Waals surface area contributed by atoms with E-state index in [0.717, 1.165) is 11.1 Å². The Balaban J connectivity index is 2.13. The Morgan fingerprint density at radius 1 is 1.33 bits per heavy atom. The highest BCUT2D eigenvalue weighted by Crippen LogP contribution is 2.18. The third kappa shape index (κ3) is 2.53. The lowest BCUT2D eigenvalue weighted by Crippen LogP contribution is -2.17. The molecular formula is C15H16N4O2. The molecular weight excluding hydrogens is 268 g/mol. The molecule has 3 N–H and O–H groups in total. The van der Waals surface area contributed by atoms with Crippen molar-refractivity contribution < 1.29 is 4.74 Å². The molecule has 0 aliphatic rings. The molecule has 0 fully saturated rings. The van der Waals surface area contributed by atoms with Crippen molar-refractivity contribution in [3.05, 3.63) is 58.1 Å². The molecule has 0 saturated carbocycles. The van der Waals surface area contributed by atoms with Crippen molar-refractivity contribution in [2.45, 2.75) is 13.2 Å². The lowest BCUT2D eigenvalue weighted by atomic mass is 10.2. The van der Waals surface area contributed by atoms with Crippen LogP contribution in [0.3, 0.4) is 0 Å². The van der Waals surface area contributed by atoms with Gasteiger partial charge in [0, 0.05) is 7.11 Å². The molecule has 1 aromatic carbocycles. The molecule has 0 bridgehead atoms. The highest BCUT2D eigenvalue weighted by molar-refractivity contribution is 5.85.